The van der Waals surface area contributed by atoms with Gasteiger partial charge in [0.1, 0.15) is 12.2 Å². The van der Waals surface area contributed by atoms with Crippen molar-refractivity contribution in [1.29, 1.82) is 0 Å². The van der Waals surface area contributed by atoms with Crippen molar-refractivity contribution in [2.75, 3.05) is 18.5 Å². The molecule has 15 heteroatoms. The molecule has 2 bridgehead atoms. The maximum absolute atomic E-state index is 13.8. The average Bonchev–Trinajstić information content (AvgIpc) is 3.51. The number of ether oxygens (including phenoxy) is 3. The van der Waals surface area contributed by atoms with E-state index in [0.29, 0.717) is 25.0 Å². The summed E-state index contributed by atoms with van der Waals surface area (Å²) in [6, 6.07) is 4.76. The SMILES string of the molecule is CC1(C)O[C@H]2[C@H](CO[C@@H]2C(=O)NC[C@]2(O)C3CCC2C[C@@H](S(=O)(=O)c2cc(C(=O)Nc4cc(F)c(F)c(F)c4)ccc2Cl)C3)O1. The summed E-state index contributed by atoms with van der Waals surface area (Å²) in [6.45, 7) is 3.63. The molecule has 0 spiro atoms. The molecule has 2 aromatic rings. The predicted octanol–water partition coefficient (Wildman–Crippen LogP) is 3.74. The topological polar surface area (TPSA) is 140 Å². The van der Waals surface area contributed by atoms with Crippen LogP contribution < -0.4 is 10.6 Å². The molecule has 2 saturated heterocycles. The molecular formula is C30H32ClF3N2O8S. The maximum Gasteiger partial charge on any atom is 0.255 e. The number of fused-ring (bicyclic) bond motifs is 3. The van der Waals surface area contributed by atoms with Gasteiger partial charge in [-0.15, -0.1) is 0 Å². The average molecular weight is 673 g/mol. The van der Waals surface area contributed by atoms with Crippen molar-refractivity contribution in [2.24, 2.45) is 11.8 Å². The monoisotopic (exact) mass is 672 g/mol. The van der Waals surface area contributed by atoms with Crippen LogP contribution in [0.5, 0.6) is 0 Å². The van der Waals surface area contributed by atoms with Gasteiger partial charge in [0.2, 0.25) is 0 Å². The summed E-state index contributed by atoms with van der Waals surface area (Å²) >= 11 is 6.29. The van der Waals surface area contributed by atoms with Gasteiger partial charge in [-0.2, -0.15) is 0 Å². The third-order valence-corrected chi connectivity index (χ3v) is 12.0. The Morgan fingerprint density at radius 3 is 2.33 bits per heavy atom. The number of anilines is 1. The Hall–Kier alpha value is -2.75. The number of halogens is 4. The van der Waals surface area contributed by atoms with Crippen LogP contribution in [0.2, 0.25) is 5.02 Å². The standard InChI is InChI=1S/C30H32ClF3N2O8S/c1-29(2)43-22-12-42-26(25(22)44-29)28(38)35-13-30(39)15-4-5-16(30)9-18(8-15)45(40,41)23-7-14(3-6-19(23)31)27(37)36-17-10-20(32)24(34)21(33)11-17/h3,6-7,10-11,15-16,18,22,25-26,39H,4-5,8-9,12-13H2,1-2H3,(H,35,38)(H,36,37)/t15?,16?,18-,22-,25-,26-,30-/m0/s1. The molecule has 4 fully saturated rings. The first-order chi connectivity index (χ1) is 21.1. The maximum atomic E-state index is 13.8. The highest BCUT2D eigenvalue weighted by atomic mass is 35.5. The molecule has 244 valence electrons. The minimum atomic E-state index is -4.11. The van der Waals surface area contributed by atoms with E-state index < -0.39 is 79.8 Å². The molecule has 0 radical (unpaired) electrons. The Bertz CT molecular complexity index is 1620. The zero-order valence-electron chi connectivity index (χ0n) is 24.3. The molecule has 45 heavy (non-hydrogen) atoms. The largest absolute Gasteiger partial charge is 0.387 e. The summed E-state index contributed by atoms with van der Waals surface area (Å²) in [5, 5.41) is 15.7. The Labute approximate surface area is 262 Å². The van der Waals surface area contributed by atoms with Gasteiger partial charge >= 0.3 is 0 Å². The van der Waals surface area contributed by atoms with Crippen molar-refractivity contribution < 1.29 is 50.5 Å². The van der Waals surface area contributed by atoms with Gasteiger partial charge in [-0.1, -0.05) is 11.6 Å². The zero-order chi connectivity index (χ0) is 32.5. The van der Waals surface area contributed by atoms with E-state index in [4.69, 9.17) is 25.8 Å². The Morgan fingerprint density at radius 2 is 1.69 bits per heavy atom. The summed E-state index contributed by atoms with van der Waals surface area (Å²) in [7, 11) is -4.11. The number of carbonyl (C=O) groups excluding carboxylic acids is 2. The zero-order valence-corrected chi connectivity index (χ0v) is 25.9. The van der Waals surface area contributed by atoms with Gasteiger partial charge in [0.15, 0.2) is 39.2 Å². The van der Waals surface area contributed by atoms with Gasteiger partial charge in [0.05, 0.1) is 27.4 Å². The number of amides is 2. The minimum absolute atomic E-state index is 0.0869. The van der Waals surface area contributed by atoms with Crippen molar-refractivity contribution in [1.82, 2.24) is 5.32 Å². The molecule has 3 N–H and O–H groups in total. The van der Waals surface area contributed by atoms with Gasteiger partial charge in [-0.25, -0.2) is 21.6 Å². The van der Waals surface area contributed by atoms with Crippen LogP contribution in [-0.4, -0.2) is 73.4 Å². The summed E-state index contributed by atoms with van der Waals surface area (Å²) in [6.07, 6.45) is -0.542. The molecule has 10 nitrogen and oxygen atoms in total. The lowest BCUT2D eigenvalue weighted by molar-refractivity contribution is -0.178. The van der Waals surface area contributed by atoms with E-state index in [9.17, 15) is 36.3 Å². The summed E-state index contributed by atoms with van der Waals surface area (Å²) in [5.41, 5.74) is -1.85. The number of nitrogens with one attached hydrogen (secondary N) is 2. The lowest BCUT2D eigenvalue weighted by atomic mass is 9.74. The predicted molar refractivity (Wildman–Crippen MR) is 154 cm³/mol. The third kappa shape index (κ3) is 5.85. The number of rotatable bonds is 7. The molecule has 4 aliphatic rings. The molecule has 5 atom stereocenters. The van der Waals surface area contributed by atoms with Crippen LogP contribution in [0.1, 0.15) is 49.9 Å². The molecule has 2 heterocycles. The second kappa shape index (κ2) is 11.5. The lowest BCUT2D eigenvalue weighted by Gasteiger charge is -2.42. The van der Waals surface area contributed by atoms with E-state index in [-0.39, 0.29) is 53.3 Å². The number of carbonyl (C=O) groups is 2. The first-order valence-corrected chi connectivity index (χ1v) is 16.5. The van der Waals surface area contributed by atoms with Crippen LogP contribution in [-0.2, 0) is 28.8 Å². The Kier molecular flexibility index (Phi) is 8.22. The minimum Gasteiger partial charge on any atom is -0.387 e. The number of hydrogen-bond acceptors (Lipinski definition) is 8. The molecule has 2 amide bonds. The van der Waals surface area contributed by atoms with Crippen molar-refractivity contribution in [2.45, 2.75) is 79.4 Å². The van der Waals surface area contributed by atoms with Gasteiger partial charge in [-0.3, -0.25) is 9.59 Å². The summed E-state index contributed by atoms with van der Waals surface area (Å²) < 4.78 is 85.4. The number of benzene rings is 2. The van der Waals surface area contributed by atoms with E-state index in [0.717, 1.165) is 6.07 Å². The second-order valence-corrected chi connectivity index (χ2v) is 15.2. The van der Waals surface area contributed by atoms with E-state index in [1.165, 1.54) is 12.1 Å². The quantitative estimate of drug-likeness (QED) is 0.378. The highest BCUT2D eigenvalue weighted by Crippen LogP contribution is 2.52. The van der Waals surface area contributed by atoms with Crippen LogP contribution in [0, 0.1) is 29.3 Å². The van der Waals surface area contributed by atoms with E-state index >= 15 is 0 Å². The fourth-order valence-corrected chi connectivity index (χ4v) is 9.52. The summed E-state index contributed by atoms with van der Waals surface area (Å²) in [5.74, 6) is -7.75. The molecule has 2 aliphatic carbocycles. The van der Waals surface area contributed by atoms with E-state index in [2.05, 4.69) is 10.6 Å². The van der Waals surface area contributed by atoms with E-state index in [1.807, 2.05) is 0 Å². The van der Waals surface area contributed by atoms with Crippen LogP contribution >= 0.6 is 11.6 Å². The molecule has 6 rings (SSSR count). The highest BCUT2D eigenvalue weighted by Gasteiger charge is 2.57. The van der Waals surface area contributed by atoms with Crippen molar-refractivity contribution >= 4 is 38.9 Å². The first kappa shape index (κ1) is 32.2. The van der Waals surface area contributed by atoms with Crippen LogP contribution in [0.3, 0.4) is 0 Å². The third-order valence-electron chi connectivity index (χ3n) is 9.32. The van der Waals surface area contributed by atoms with Crippen molar-refractivity contribution in [3.05, 3.63) is 58.4 Å². The second-order valence-electron chi connectivity index (χ2n) is 12.6. The van der Waals surface area contributed by atoms with Gasteiger partial charge in [-0.05, 0) is 69.6 Å². The van der Waals surface area contributed by atoms with Crippen molar-refractivity contribution in [3.8, 4) is 0 Å². The van der Waals surface area contributed by atoms with E-state index in [1.54, 1.807) is 13.8 Å². The van der Waals surface area contributed by atoms with Gasteiger partial charge in [0, 0.05) is 29.9 Å². The smallest absolute Gasteiger partial charge is 0.255 e. The normalized spacial score (nSPS) is 31.9. The Morgan fingerprint density at radius 1 is 1.04 bits per heavy atom. The van der Waals surface area contributed by atoms with Crippen LogP contribution in [0.15, 0.2) is 35.2 Å². The fourth-order valence-electron chi connectivity index (χ4n) is 7.12. The molecule has 2 aromatic carbocycles. The first-order valence-electron chi connectivity index (χ1n) is 14.6. The molecule has 2 aliphatic heterocycles. The van der Waals surface area contributed by atoms with Gasteiger partial charge in [0.25, 0.3) is 11.8 Å². The van der Waals surface area contributed by atoms with Crippen LogP contribution in [0.4, 0.5) is 18.9 Å². The number of aliphatic hydroxyl groups is 1. The number of sulfone groups is 1. The fraction of sp³-hybridized carbons (Fsp3) is 0.533. The summed E-state index contributed by atoms with van der Waals surface area (Å²) in [4.78, 5) is 25.6. The van der Waals surface area contributed by atoms with Crippen molar-refractivity contribution in [3.63, 3.8) is 0 Å². The molecule has 2 saturated carbocycles. The van der Waals surface area contributed by atoms with Gasteiger partial charge < -0.3 is 30.0 Å². The Balaban J connectivity index is 1.13. The number of hydrogen-bond donors (Lipinski definition) is 3. The molecular weight excluding hydrogens is 641 g/mol. The highest BCUT2D eigenvalue weighted by molar-refractivity contribution is 7.92. The van der Waals surface area contributed by atoms with Crippen LogP contribution in [0.25, 0.3) is 0 Å². The lowest BCUT2D eigenvalue weighted by Crippen LogP contribution is -2.56. The molecule has 2 unspecified atom stereocenters. The molecule has 0 aromatic heterocycles.